The van der Waals surface area contributed by atoms with E-state index in [0.29, 0.717) is 5.15 Å². The van der Waals surface area contributed by atoms with E-state index in [2.05, 4.69) is 11.1 Å². The molecule has 1 nitrogen and oxygen atoms in total. The fourth-order valence-corrected chi connectivity index (χ4v) is 1.57. The second kappa shape index (κ2) is 2.49. The molecule has 2 rings (SSSR count). The maximum absolute atomic E-state index is 5.81. The first-order valence-electron chi connectivity index (χ1n) is 3.90. The molecule has 0 aliphatic heterocycles. The molecule has 0 spiro atoms. The van der Waals surface area contributed by atoms with E-state index in [1.54, 1.807) is 0 Å². The van der Waals surface area contributed by atoms with Crippen molar-refractivity contribution in [2.75, 3.05) is 0 Å². The van der Waals surface area contributed by atoms with Gasteiger partial charge in [-0.15, -0.1) is 0 Å². The summed E-state index contributed by atoms with van der Waals surface area (Å²) < 4.78 is 0. The minimum Gasteiger partial charge on any atom is -0.241 e. The Labute approximate surface area is 71.4 Å². The predicted octanol–water partition coefficient (Wildman–Crippen LogP) is 2.92. The molecular formula is C9H10ClN. The normalized spacial score (nSPS) is 16.9. The molecule has 0 N–H and O–H groups in total. The summed E-state index contributed by atoms with van der Waals surface area (Å²) in [6, 6.07) is 4.11. The summed E-state index contributed by atoms with van der Waals surface area (Å²) in [5.74, 6) is 0.772. The number of hydrogen-bond donors (Lipinski definition) is 0. The summed E-state index contributed by atoms with van der Waals surface area (Å²) in [6.45, 7) is 1.98. The van der Waals surface area contributed by atoms with Crippen LogP contribution < -0.4 is 0 Å². The van der Waals surface area contributed by atoms with Crippen LogP contribution in [0, 0.1) is 6.92 Å². The molecule has 1 fully saturated rings. The summed E-state index contributed by atoms with van der Waals surface area (Å²) in [5.41, 5.74) is 2.39. The molecule has 1 aromatic heterocycles. The molecular weight excluding hydrogens is 158 g/mol. The topological polar surface area (TPSA) is 12.9 Å². The Balaban J connectivity index is 2.39. The molecule has 0 unspecified atom stereocenters. The van der Waals surface area contributed by atoms with Crippen LogP contribution in [0.3, 0.4) is 0 Å². The van der Waals surface area contributed by atoms with Crippen LogP contribution in [0.4, 0.5) is 0 Å². The van der Waals surface area contributed by atoms with Gasteiger partial charge in [0.2, 0.25) is 0 Å². The number of pyridine rings is 1. The molecule has 0 atom stereocenters. The molecule has 0 aromatic carbocycles. The zero-order valence-corrected chi connectivity index (χ0v) is 7.23. The summed E-state index contributed by atoms with van der Waals surface area (Å²) >= 11 is 5.81. The largest absolute Gasteiger partial charge is 0.241 e. The van der Waals surface area contributed by atoms with E-state index in [0.717, 1.165) is 11.6 Å². The minimum atomic E-state index is 0.631. The molecule has 0 saturated heterocycles. The average molecular weight is 168 g/mol. The SMILES string of the molecule is Cc1cc(C2CC2)cc(Cl)n1. The standard InChI is InChI=1S/C9H10ClN/c1-6-4-8(7-2-3-7)5-9(10)11-6/h4-5,7H,2-3H2,1H3. The van der Waals surface area contributed by atoms with Crippen LogP contribution in [0.2, 0.25) is 5.15 Å². The van der Waals surface area contributed by atoms with Crippen molar-refractivity contribution in [2.24, 2.45) is 0 Å². The van der Waals surface area contributed by atoms with E-state index in [1.165, 1.54) is 18.4 Å². The van der Waals surface area contributed by atoms with Gasteiger partial charge in [0.25, 0.3) is 0 Å². The van der Waals surface area contributed by atoms with Crippen LogP contribution in [0.1, 0.15) is 30.0 Å². The Kier molecular flexibility index (Phi) is 1.61. The van der Waals surface area contributed by atoms with Crippen molar-refractivity contribution in [3.05, 3.63) is 28.5 Å². The van der Waals surface area contributed by atoms with Gasteiger partial charge in [0.1, 0.15) is 5.15 Å². The summed E-state index contributed by atoms with van der Waals surface area (Å²) in [4.78, 5) is 4.11. The summed E-state index contributed by atoms with van der Waals surface area (Å²) in [6.07, 6.45) is 2.64. The lowest BCUT2D eigenvalue weighted by Gasteiger charge is -1.99. The minimum absolute atomic E-state index is 0.631. The van der Waals surface area contributed by atoms with E-state index in [4.69, 9.17) is 11.6 Å². The number of halogens is 1. The van der Waals surface area contributed by atoms with Crippen molar-refractivity contribution in [2.45, 2.75) is 25.7 Å². The Morgan fingerprint density at radius 3 is 2.73 bits per heavy atom. The fraction of sp³-hybridized carbons (Fsp3) is 0.444. The molecule has 0 amide bonds. The zero-order chi connectivity index (χ0) is 7.84. The molecule has 58 valence electrons. The van der Waals surface area contributed by atoms with Gasteiger partial charge in [0, 0.05) is 5.69 Å². The van der Waals surface area contributed by atoms with Gasteiger partial charge in [0.15, 0.2) is 0 Å². The molecule has 1 aliphatic rings. The maximum atomic E-state index is 5.81. The summed E-state index contributed by atoms with van der Waals surface area (Å²) in [5, 5.41) is 0.631. The first-order valence-corrected chi connectivity index (χ1v) is 4.27. The van der Waals surface area contributed by atoms with Crippen LogP contribution in [0.25, 0.3) is 0 Å². The monoisotopic (exact) mass is 167 g/mol. The Morgan fingerprint density at radius 2 is 2.18 bits per heavy atom. The van der Waals surface area contributed by atoms with Gasteiger partial charge in [-0.05, 0) is 43.4 Å². The Hall–Kier alpha value is -0.560. The van der Waals surface area contributed by atoms with Crippen molar-refractivity contribution < 1.29 is 0 Å². The summed E-state index contributed by atoms with van der Waals surface area (Å²) in [7, 11) is 0. The zero-order valence-electron chi connectivity index (χ0n) is 6.47. The molecule has 11 heavy (non-hydrogen) atoms. The second-order valence-electron chi connectivity index (χ2n) is 3.14. The van der Waals surface area contributed by atoms with Crippen molar-refractivity contribution in [1.29, 1.82) is 0 Å². The third kappa shape index (κ3) is 1.54. The average Bonchev–Trinajstić information content (AvgIpc) is 2.64. The maximum Gasteiger partial charge on any atom is 0.129 e. The molecule has 0 bridgehead atoms. The van der Waals surface area contributed by atoms with E-state index < -0.39 is 0 Å². The van der Waals surface area contributed by atoms with Crippen LogP contribution in [-0.4, -0.2) is 4.98 Å². The van der Waals surface area contributed by atoms with Gasteiger partial charge in [0.05, 0.1) is 0 Å². The molecule has 0 radical (unpaired) electrons. The van der Waals surface area contributed by atoms with Crippen LogP contribution in [0.15, 0.2) is 12.1 Å². The highest BCUT2D eigenvalue weighted by atomic mass is 35.5. The van der Waals surface area contributed by atoms with Crippen LogP contribution in [0.5, 0.6) is 0 Å². The van der Waals surface area contributed by atoms with Crippen molar-refractivity contribution in [1.82, 2.24) is 4.98 Å². The van der Waals surface area contributed by atoms with Crippen molar-refractivity contribution >= 4 is 11.6 Å². The first kappa shape index (κ1) is 7.11. The number of rotatable bonds is 1. The van der Waals surface area contributed by atoms with Gasteiger partial charge in [-0.2, -0.15) is 0 Å². The molecule has 1 heterocycles. The van der Waals surface area contributed by atoms with Gasteiger partial charge in [-0.3, -0.25) is 0 Å². The number of nitrogens with zero attached hydrogens (tertiary/aromatic N) is 1. The Morgan fingerprint density at radius 1 is 1.45 bits per heavy atom. The Bertz CT molecular complexity index is 259. The fourth-order valence-electron chi connectivity index (χ4n) is 1.31. The number of aryl methyl sites for hydroxylation is 1. The smallest absolute Gasteiger partial charge is 0.129 e. The van der Waals surface area contributed by atoms with Crippen LogP contribution >= 0.6 is 11.6 Å². The van der Waals surface area contributed by atoms with Crippen LogP contribution in [-0.2, 0) is 0 Å². The van der Waals surface area contributed by atoms with Gasteiger partial charge in [-0.1, -0.05) is 11.6 Å². The lowest BCUT2D eigenvalue weighted by atomic mass is 10.1. The highest BCUT2D eigenvalue weighted by molar-refractivity contribution is 6.29. The van der Waals surface area contributed by atoms with E-state index >= 15 is 0 Å². The van der Waals surface area contributed by atoms with Gasteiger partial charge in [-0.25, -0.2) is 4.98 Å². The third-order valence-corrected chi connectivity index (χ3v) is 2.19. The van der Waals surface area contributed by atoms with Gasteiger partial charge < -0.3 is 0 Å². The van der Waals surface area contributed by atoms with Crippen molar-refractivity contribution in [3.8, 4) is 0 Å². The molecule has 1 saturated carbocycles. The second-order valence-corrected chi connectivity index (χ2v) is 3.53. The third-order valence-electron chi connectivity index (χ3n) is 1.99. The highest BCUT2D eigenvalue weighted by Gasteiger charge is 2.23. The molecule has 2 heteroatoms. The lowest BCUT2D eigenvalue weighted by Crippen LogP contribution is -1.86. The predicted molar refractivity (Wildman–Crippen MR) is 46.0 cm³/mol. The van der Waals surface area contributed by atoms with Gasteiger partial charge >= 0.3 is 0 Å². The van der Waals surface area contributed by atoms with E-state index in [1.807, 2.05) is 13.0 Å². The molecule has 1 aromatic rings. The first-order chi connectivity index (χ1) is 5.25. The van der Waals surface area contributed by atoms with E-state index in [-0.39, 0.29) is 0 Å². The lowest BCUT2D eigenvalue weighted by molar-refractivity contribution is 1.08. The van der Waals surface area contributed by atoms with E-state index in [9.17, 15) is 0 Å². The molecule has 1 aliphatic carbocycles. The van der Waals surface area contributed by atoms with Crippen molar-refractivity contribution in [3.63, 3.8) is 0 Å². The number of aromatic nitrogens is 1. The number of hydrogen-bond acceptors (Lipinski definition) is 1. The highest BCUT2D eigenvalue weighted by Crippen LogP contribution is 2.40. The quantitative estimate of drug-likeness (QED) is 0.587.